The SMILES string of the molecule is CC(C)OCCCSC=Nc1ccc(Cl)c(C(=O)OC(C)C)c1. The van der Waals surface area contributed by atoms with Gasteiger partial charge in [0.1, 0.15) is 0 Å². The lowest BCUT2D eigenvalue weighted by molar-refractivity contribution is 0.0378. The number of esters is 1. The molecule has 0 unspecified atom stereocenters. The molecule has 1 rings (SSSR count). The molecular weight excluding hydrogens is 334 g/mol. The summed E-state index contributed by atoms with van der Waals surface area (Å²) in [6.07, 6.45) is 1.06. The van der Waals surface area contributed by atoms with Gasteiger partial charge < -0.3 is 9.47 Å². The Morgan fingerprint density at radius 3 is 2.70 bits per heavy atom. The van der Waals surface area contributed by atoms with Gasteiger partial charge in [0, 0.05) is 12.4 Å². The quantitative estimate of drug-likeness (QED) is 0.266. The maximum atomic E-state index is 12.0. The molecule has 0 amide bonds. The minimum atomic E-state index is -0.430. The molecule has 128 valence electrons. The Balaban J connectivity index is 2.51. The summed E-state index contributed by atoms with van der Waals surface area (Å²) in [5, 5.41) is 0.369. The summed E-state index contributed by atoms with van der Waals surface area (Å²) in [7, 11) is 0. The van der Waals surface area contributed by atoms with Gasteiger partial charge in [-0.05, 0) is 52.3 Å². The minimum absolute atomic E-state index is 0.186. The zero-order chi connectivity index (χ0) is 17.2. The number of thioether (sulfide) groups is 1. The van der Waals surface area contributed by atoms with Crippen molar-refractivity contribution in [1.82, 2.24) is 0 Å². The molecule has 0 fully saturated rings. The molecule has 0 atom stereocenters. The number of aliphatic imine (C=N–C) groups is 1. The summed E-state index contributed by atoms with van der Waals surface area (Å²) in [4.78, 5) is 16.3. The molecule has 23 heavy (non-hydrogen) atoms. The van der Waals surface area contributed by atoms with Crippen molar-refractivity contribution >= 4 is 40.6 Å². The van der Waals surface area contributed by atoms with E-state index in [0.717, 1.165) is 18.8 Å². The molecule has 0 aliphatic heterocycles. The summed E-state index contributed by atoms with van der Waals surface area (Å²) in [6, 6.07) is 5.08. The molecule has 0 spiro atoms. The lowest BCUT2D eigenvalue weighted by Gasteiger charge is -2.09. The van der Waals surface area contributed by atoms with Gasteiger partial charge >= 0.3 is 5.97 Å². The number of carbonyl (C=O) groups is 1. The standard InChI is InChI=1S/C17H24ClNO3S/c1-12(2)21-8-5-9-23-11-19-14-6-7-16(18)15(10-14)17(20)22-13(3)4/h6-7,10-13H,5,8-9H2,1-4H3. The Kier molecular flexibility index (Phi) is 9.29. The van der Waals surface area contributed by atoms with Crippen molar-refractivity contribution in [3.05, 3.63) is 28.8 Å². The summed E-state index contributed by atoms with van der Waals surface area (Å²) < 4.78 is 10.6. The molecule has 0 N–H and O–H groups in total. The number of halogens is 1. The van der Waals surface area contributed by atoms with Crippen LogP contribution in [0.4, 0.5) is 5.69 Å². The molecule has 0 aliphatic carbocycles. The average molecular weight is 358 g/mol. The van der Waals surface area contributed by atoms with Crippen LogP contribution in [-0.4, -0.2) is 36.1 Å². The number of hydrogen-bond donors (Lipinski definition) is 0. The van der Waals surface area contributed by atoms with E-state index >= 15 is 0 Å². The van der Waals surface area contributed by atoms with Gasteiger partial charge in [-0.2, -0.15) is 0 Å². The van der Waals surface area contributed by atoms with E-state index < -0.39 is 5.97 Å². The van der Waals surface area contributed by atoms with Crippen molar-refractivity contribution < 1.29 is 14.3 Å². The first-order valence-corrected chi connectivity index (χ1v) is 9.09. The lowest BCUT2D eigenvalue weighted by atomic mass is 10.2. The first-order valence-electron chi connectivity index (χ1n) is 7.66. The minimum Gasteiger partial charge on any atom is -0.459 e. The summed E-state index contributed by atoms with van der Waals surface area (Å²) in [5.41, 5.74) is 2.79. The van der Waals surface area contributed by atoms with Crippen molar-refractivity contribution in [1.29, 1.82) is 0 Å². The predicted molar refractivity (Wildman–Crippen MR) is 98.3 cm³/mol. The Bertz CT molecular complexity index is 533. The molecule has 0 heterocycles. The summed E-state index contributed by atoms with van der Waals surface area (Å²) in [6.45, 7) is 8.40. The average Bonchev–Trinajstić information content (AvgIpc) is 2.46. The molecule has 0 aliphatic rings. The van der Waals surface area contributed by atoms with Gasteiger partial charge in [-0.15, -0.1) is 11.8 Å². The van der Waals surface area contributed by atoms with Gasteiger partial charge in [-0.3, -0.25) is 4.99 Å². The molecule has 0 saturated heterocycles. The third-order valence-corrected chi connectivity index (χ3v) is 3.76. The van der Waals surface area contributed by atoms with Crippen LogP contribution in [0.15, 0.2) is 23.2 Å². The van der Waals surface area contributed by atoms with E-state index in [9.17, 15) is 4.79 Å². The van der Waals surface area contributed by atoms with Crippen LogP contribution < -0.4 is 0 Å². The second-order valence-electron chi connectivity index (χ2n) is 5.50. The van der Waals surface area contributed by atoms with E-state index in [0.29, 0.717) is 16.3 Å². The topological polar surface area (TPSA) is 47.9 Å². The first-order chi connectivity index (χ1) is 10.9. The van der Waals surface area contributed by atoms with Crippen LogP contribution in [0.2, 0.25) is 5.02 Å². The van der Waals surface area contributed by atoms with E-state index in [1.807, 2.05) is 13.8 Å². The van der Waals surface area contributed by atoms with Crippen molar-refractivity contribution in [3.8, 4) is 0 Å². The van der Waals surface area contributed by atoms with E-state index in [-0.39, 0.29) is 12.2 Å². The van der Waals surface area contributed by atoms with Crippen LogP contribution in [0.5, 0.6) is 0 Å². The van der Waals surface area contributed by atoms with Gasteiger partial charge in [0.25, 0.3) is 0 Å². The normalized spacial score (nSPS) is 11.6. The molecule has 4 nitrogen and oxygen atoms in total. The smallest absolute Gasteiger partial charge is 0.339 e. The highest BCUT2D eigenvalue weighted by Gasteiger charge is 2.13. The van der Waals surface area contributed by atoms with Gasteiger partial charge in [0.2, 0.25) is 0 Å². The van der Waals surface area contributed by atoms with Crippen LogP contribution in [0.25, 0.3) is 0 Å². The largest absolute Gasteiger partial charge is 0.459 e. The van der Waals surface area contributed by atoms with E-state index in [2.05, 4.69) is 4.99 Å². The molecule has 0 bridgehead atoms. The number of benzene rings is 1. The molecule has 6 heteroatoms. The summed E-state index contributed by atoms with van der Waals surface area (Å²) >= 11 is 7.65. The zero-order valence-electron chi connectivity index (χ0n) is 14.0. The highest BCUT2D eigenvalue weighted by Crippen LogP contribution is 2.24. The fourth-order valence-corrected chi connectivity index (χ4v) is 2.42. The molecule has 0 saturated carbocycles. The Morgan fingerprint density at radius 1 is 1.30 bits per heavy atom. The van der Waals surface area contributed by atoms with E-state index in [1.165, 1.54) is 0 Å². The van der Waals surface area contributed by atoms with Gasteiger partial charge in [0.15, 0.2) is 0 Å². The van der Waals surface area contributed by atoms with Crippen molar-refractivity contribution in [2.24, 2.45) is 4.99 Å². The van der Waals surface area contributed by atoms with Crippen molar-refractivity contribution in [2.75, 3.05) is 12.4 Å². The van der Waals surface area contributed by atoms with Gasteiger partial charge in [0.05, 0.1) is 34.0 Å². The Hall–Kier alpha value is -1.04. The third-order valence-electron chi connectivity index (χ3n) is 2.65. The number of nitrogens with zero attached hydrogens (tertiary/aromatic N) is 1. The third kappa shape index (κ3) is 8.39. The monoisotopic (exact) mass is 357 g/mol. The van der Waals surface area contributed by atoms with E-state index in [4.69, 9.17) is 21.1 Å². The molecule has 1 aromatic carbocycles. The lowest BCUT2D eigenvalue weighted by Crippen LogP contribution is -2.11. The number of rotatable bonds is 9. The van der Waals surface area contributed by atoms with Crippen molar-refractivity contribution in [2.45, 2.75) is 46.3 Å². The maximum Gasteiger partial charge on any atom is 0.339 e. The van der Waals surface area contributed by atoms with Crippen molar-refractivity contribution in [3.63, 3.8) is 0 Å². The maximum absolute atomic E-state index is 12.0. The highest BCUT2D eigenvalue weighted by molar-refractivity contribution is 8.12. The van der Waals surface area contributed by atoms with Gasteiger partial charge in [-0.1, -0.05) is 11.6 Å². The molecule has 0 aromatic heterocycles. The van der Waals surface area contributed by atoms with Crippen LogP contribution >= 0.6 is 23.4 Å². The number of ether oxygens (including phenoxy) is 2. The molecular formula is C17H24ClNO3S. The van der Waals surface area contributed by atoms with Crippen LogP contribution in [0, 0.1) is 0 Å². The first kappa shape index (κ1) is 20.0. The van der Waals surface area contributed by atoms with Crippen LogP contribution in [0.3, 0.4) is 0 Å². The second kappa shape index (κ2) is 10.7. The number of hydrogen-bond acceptors (Lipinski definition) is 5. The predicted octanol–water partition coefficient (Wildman–Crippen LogP) is 5.11. The fraction of sp³-hybridized carbons (Fsp3) is 0.529. The molecule has 0 radical (unpaired) electrons. The highest BCUT2D eigenvalue weighted by atomic mass is 35.5. The fourth-order valence-electron chi connectivity index (χ4n) is 1.64. The summed E-state index contributed by atoms with van der Waals surface area (Å²) in [5.74, 6) is 0.507. The zero-order valence-corrected chi connectivity index (χ0v) is 15.6. The molecule has 1 aromatic rings. The Labute approximate surface area is 147 Å². The van der Waals surface area contributed by atoms with E-state index in [1.54, 1.807) is 49.4 Å². The van der Waals surface area contributed by atoms with Crippen LogP contribution in [-0.2, 0) is 9.47 Å². The number of carbonyl (C=O) groups excluding carboxylic acids is 1. The second-order valence-corrected chi connectivity index (χ2v) is 6.86. The Morgan fingerprint density at radius 2 is 2.04 bits per heavy atom. The van der Waals surface area contributed by atoms with Gasteiger partial charge in [-0.25, -0.2) is 4.79 Å². The van der Waals surface area contributed by atoms with Crippen LogP contribution in [0.1, 0.15) is 44.5 Å².